The van der Waals surface area contributed by atoms with E-state index in [4.69, 9.17) is 4.55 Å². The highest BCUT2D eigenvalue weighted by Gasteiger charge is 2.14. The van der Waals surface area contributed by atoms with Crippen molar-refractivity contribution in [3.63, 3.8) is 0 Å². The molecule has 0 aliphatic heterocycles. The number of rotatable bonds is 1. The van der Waals surface area contributed by atoms with E-state index in [1.165, 1.54) is 22.8 Å². The lowest BCUT2D eigenvalue weighted by Crippen LogP contribution is -2.28. The second-order valence-electron chi connectivity index (χ2n) is 4.97. The number of aromatic nitrogens is 3. The molecule has 1 aromatic carbocycles. The van der Waals surface area contributed by atoms with Crippen LogP contribution >= 0.6 is 11.3 Å². The molecule has 118 valence electrons. The van der Waals surface area contributed by atoms with Gasteiger partial charge in [-0.1, -0.05) is 27.3 Å². The predicted molar refractivity (Wildman–Crippen MR) is 84.7 cm³/mol. The van der Waals surface area contributed by atoms with Gasteiger partial charge in [0, 0.05) is 6.92 Å². The first-order valence-corrected chi connectivity index (χ1v) is 8.79. The van der Waals surface area contributed by atoms with E-state index < -0.39 is 10.1 Å². The molecule has 1 N–H and O–H groups in total. The summed E-state index contributed by atoms with van der Waals surface area (Å²) in [7, 11) is -1.96. The van der Waals surface area contributed by atoms with Gasteiger partial charge in [-0.2, -0.15) is 8.42 Å². The molecule has 0 saturated heterocycles. The van der Waals surface area contributed by atoms with Gasteiger partial charge in [0.25, 0.3) is 10.1 Å². The van der Waals surface area contributed by atoms with Crippen molar-refractivity contribution in [3.8, 4) is 0 Å². The largest absolute Gasteiger partial charge is 0.368 e. The van der Waals surface area contributed by atoms with Crippen LogP contribution in [0.2, 0.25) is 0 Å². The van der Waals surface area contributed by atoms with Gasteiger partial charge in [-0.25, -0.2) is 4.57 Å². The summed E-state index contributed by atoms with van der Waals surface area (Å²) in [6, 6.07) is 5.99. The molecule has 6 nitrogen and oxygen atoms in total. The Morgan fingerprint density at radius 3 is 2.27 bits per heavy atom. The fraction of sp³-hybridized carbons (Fsp3) is 0.286. The van der Waals surface area contributed by atoms with Gasteiger partial charge >= 0.3 is 4.96 Å². The highest BCUT2D eigenvalue weighted by atomic mass is 32.2. The fourth-order valence-electron chi connectivity index (χ4n) is 1.82. The van der Waals surface area contributed by atoms with Gasteiger partial charge < -0.3 is 0 Å². The number of fused-ring (bicyclic) bond motifs is 1. The highest BCUT2D eigenvalue weighted by Crippen LogP contribution is 2.10. The van der Waals surface area contributed by atoms with Crippen molar-refractivity contribution in [2.45, 2.75) is 25.7 Å². The summed E-state index contributed by atoms with van der Waals surface area (Å²) >= 11 is 1.71. The van der Waals surface area contributed by atoms with E-state index in [0.29, 0.717) is 0 Å². The van der Waals surface area contributed by atoms with Gasteiger partial charge in [0.05, 0.1) is 11.9 Å². The summed E-state index contributed by atoms with van der Waals surface area (Å²) in [4.78, 5) is 1.13. The molecular weight excluding hydrogens is 322 g/mol. The molecule has 0 bridgehead atoms. The third kappa shape index (κ3) is 3.70. The lowest BCUT2D eigenvalue weighted by Gasteiger charge is -1.95. The van der Waals surface area contributed by atoms with Crippen LogP contribution in [0.3, 0.4) is 0 Å². The van der Waals surface area contributed by atoms with E-state index >= 15 is 0 Å². The molecule has 3 aromatic rings. The molecule has 0 aliphatic carbocycles. The van der Waals surface area contributed by atoms with E-state index in [1.807, 2.05) is 24.6 Å². The van der Waals surface area contributed by atoms with Crippen LogP contribution in [0.1, 0.15) is 16.3 Å². The second kappa shape index (κ2) is 6.15. The molecule has 0 unspecified atom stereocenters. The monoisotopic (exact) mass is 340 g/mol. The third-order valence-corrected chi connectivity index (χ3v) is 5.02. The van der Waals surface area contributed by atoms with E-state index in [9.17, 15) is 8.42 Å². The van der Waals surface area contributed by atoms with Crippen LogP contribution in [0.5, 0.6) is 0 Å². The van der Waals surface area contributed by atoms with E-state index in [0.717, 1.165) is 10.6 Å². The Morgan fingerprint density at radius 2 is 1.77 bits per heavy atom. The topological polar surface area (TPSA) is 75.5 Å². The Labute approximate surface area is 133 Å². The average molecular weight is 340 g/mol. The number of nitrogens with zero attached hydrogens (tertiary/aromatic N) is 3. The van der Waals surface area contributed by atoms with Crippen LogP contribution in [0.25, 0.3) is 4.96 Å². The summed E-state index contributed by atoms with van der Waals surface area (Å²) in [6.45, 7) is 5.94. The first-order valence-electron chi connectivity index (χ1n) is 6.54. The number of aryl methyl sites for hydroxylation is 4. The summed E-state index contributed by atoms with van der Waals surface area (Å²) < 4.78 is 33.6. The minimum absolute atomic E-state index is 0.0666. The molecule has 2 heterocycles. The Morgan fingerprint density at radius 1 is 1.18 bits per heavy atom. The highest BCUT2D eigenvalue weighted by molar-refractivity contribution is 7.85. The third-order valence-electron chi connectivity index (χ3n) is 3.13. The van der Waals surface area contributed by atoms with Crippen molar-refractivity contribution >= 4 is 26.4 Å². The maximum Gasteiger partial charge on any atom is 0.368 e. The van der Waals surface area contributed by atoms with Crippen LogP contribution in [-0.4, -0.2) is 22.6 Å². The van der Waals surface area contributed by atoms with Crippen LogP contribution < -0.4 is 4.57 Å². The fourth-order valence-corrected chi connectivity index (χ4v) is 3.17. The molecule has 0 spiro atoms. The molecule has 0 saturated carbocycles. The quantitative estimate of drug-likeness (QED) is 0.543. The number of benzene rings is 1. The minimum Gasteiger partial charge on any atom is -0.282 e. The van der Waals surface area contributed by atoms with Crippen LogP contribution in [0.15, 0.2) is 35.4 Å². The van der Waals surface area contributed by atoms with Crippen LogP contribution in [0, 0.1) is 20.8 Å². The van der Waals surface area contributed by atoms with E-state index in [1.54, 1.807) is 23.5 Å². The lowest BCUT2D eigenvalue weighted by atomic mass is 10.2. The lowest BCUT2D eigenvalue weighted by molar-refractivity contribution is -0.648. The molecular formula is C14H18N3O3S2+. The molecule has 0 atom stereocenters. The Balaban J connectivity index is 0.000000160. The molecule has 0 aliphatic rings. The molecule has 8 heteroatoms. The molecule has 0 fully saturated rings. The number of hydrogen-bond donors (Lipinski definition) is 1. The SMILES string of the molecule is Cc1ccc(S(=O)(=O)O)cc1.Cc1nn2cc(C)[n+](C)c2s1. The molecule has 22 heavy (non-hydrogen) atoms. The van der Waals surface area contributed by atoms with Crippen molar-refractivity contribution in [2.75, 3.05) is 0 Å². The van der Waals surface area contributed by atoms with Gasteiger partial charge in [-0.3, -0.25) is 4.55 Å². The van der Waals surface area contributed by atoms with Crippen molar-refractivity contribution in [3.05, 3.63) is 46.7 Å². The molecule has 2 aromatic heterocycles. The summed E-state index contributed by atoms with van der Waals surface area (Å²) in [6.07, 6.45) is 2.04. The zero-order chi connectivity index (χ0) is 16.5. The molecule has 0 amide bonds. The van der Waals surface area contributed by atoms with Crippen LogP contribution in [-0.2, 0) is 17.2 Å². The van der Waals surface area contributed by atoms with Crippen molar-refractivity contribution in [1.29, 1.82) is 0 Å². The second-order valence-corrected chi connectivity index (χ2v) is 7.55. The first kappa shape index (κ1) is 16.6. The Hall–Kier alpha value is -1.77. The Kier molecular flexibility index (Phi) is 4.64. The summed E-state index contributed by atoms with van der Waals surface area (Å²) in [5, 5.41) is 5.42. The van der Waals surface area contributed by atoms with Gasteiger partial charge in [-0.15, -0.1) is 0 Å². The standard InChI is InChI=1S/C7H10N3S.C7H8O3S/c1-5-4-10-7(9(5)3)11-6(2)8-10;1-6-2-4-7(5-3-6)11(8,9)10/h4H,1-3H3;2-5H,1H3,(H,8,9,10)/q+1;. The van der Waals surface area contributed by atoms with E-state index in [-0.39, 0.29) is 4.90 Å². The molecule has 3 rings (SSSR count). The van der Waals surface area contributed by atoms with Crippen LogP contribution in [0.4, 0.5) is 0 Å². The van der Waals surface area contributed by atoms with E-state index in [2.05, 4.69) is 23.6 Å². The van der Waals surface area contributed by atoms with Gasteiger partial charge in [0.1, 0.15) is 10.7 Å². The van der Waals surface area contributed by atoms with Gasteiger partial charge in [0.2, 0.25) is 0 Å². The minimum atomic E-state index is -4.02. The normalized spacial score (nSPS) is 11.3. The van der Waals surface area contributed by atoms with Crippen molar-refractivity contribution in [2.24, 2.45) is 7.05 Å². The maximum absolute atomic E-state index is 10.5. The maximum atomic E-state index is 10.5. The first-order chi connectivity index (χ1) is 10.2. The summed E-state index contributed by atoms with van der Waals surface area (Å²) in [5.41, 5.74) is 2.20. The average Bonchev–Trinajstić information content (AvgIpc) is 2.89. The molecule has 0 radical (unpaired) electrons. The van der Waals surface area contributed by atoms with Gasteiger partial charge in [-0.05, 0) is 37.3 Å². The zero-order valence-electron chi connectivity index (χ0n) is 12.8. The zero-order valence-corrected chi connectivity index (χ0v) is 14.4. The smallest absolute Gasteiger partial charge is 0.282 e. The van der Waals surface area contributed by atoms with Gasteiger partial charge in [0.15, 0.2) is 6.20 Å². The Bertz CT molecular complexity index is 893. The van der Waals surface area contributed by atoms with Crippen molar-refractivity contribution < 1.29 is 17.5 Å². The predicted octanol–water partition coefficient (Wildman–Crippen LogP) is 2.08. The number of hydrogen-bond acceptors (Lipinski definition) is 4. The van der Waals surface area contributed by atoms with Crippen molar-refractivity contribution in [1.82, 2.24) is 9.61 Å². The summed E-state index contributed by atoms with van der Waals surface area (Å²) in [5.74, 6) is 0. The number of imidazole rings is 1.